The van der Waals surface area contributed by atoms with Crippen molar-refractivity contribution in [1.29, 1.82) is 0 Å². The largest absolute Gasteiger partial charge is 0.325 e. The van der Waals surface area contributed by atoms with Crippen molar-refractivity contribution >= 4 is 29.3 Å². The molecule has 0 aromatic heterocycles. The van der Waals surface area contributed by atoms with E-state index in [4.69, 9.17) is 0 Å². The van der Waals surface area contributed by atoms with Crippen molar-refractivity contribution in [1.82, 2.24) is 4.90 Å². The van der Waals surface area contributed by atoms with Crippen molar-refractivity contribution in [2.75, 3.05) is 23.5 Å². The van der Waals surface area contributed by atoms with Crippen LogP contribution >= 0.6 is 11.8 Å². The average molecular weight is 264 g/mol. The van der Waals surface area contributed by atoms with Crippen LogP contribution in [-0.4, -0.2) is 34.9 Å². The zero-order valence-electron chi connectivity index (χ0n) is 10.5. The molecule has 1 heterocycles. The van der Waals surface area contributed by atoms with Gasteiger partial charge in [0.1, 0.15) is 6.54 Å². The standard InChI is InChI=1S/C13H16N2O2S/c1-9-3-4-11(5-10(9)2)14-12(16)6-15-8-18-7-13(15)17/h3-5H,6-8H2,1-2H3,(H,14,16). The third-order valence-electron chi connectivity index (χ3n) is 2.95. The Bertz CT molecular complexity index is 488. The summed E-state index contributed by atoms with van der Waals surface area (Å²) in [6.07, 6.45) is 0. The molecule has 1 fully saturated rings. The molecule has 18 heavy (non-hydrogen) atoms. The van der Waals surface area contributed by atoms with E-state index in [1.807, 2.05) is 32.0 Å². The molecule has 1 aliphatic heterocycles. The Balaban J connectivity index is 1.94. The Morgan fingerprint density at radius 1 is 1.39 bits per heavy atom. The number of amides is 2. The molecule has 2 rings (SSSR count). The average Bonchev–Trinajstić information content (AvgIpc) is 2.70. The molecule has 0 atom stereocenters. The molecule has 4 nitrogen and oxygen atoms in total. The predicted molar refractivity (Wildman–Crippen MR) is 73.6 cm³/mol. The molecular weight excluding hydrogens is 248 g/mol. The van der Waals surface area contributed by atoms with Crippen LogP contribution in [0.2, 0.25) is 0 Å². The molecule has 5 heteroatoms. The summed E-state index contributed by atoms with van der Waals surface area (Å²) < 4.78 is 0. The maximum absolute atomic E-state index is 11.8. The number of carbonyl (C=O) groups is 2. The van der Waals surface area contributed by atoms with Crippen molar-refractivity contribution in [2.45, 2.75) is 13.8 Å². The van der Waals surface area contributed by atoms with Crippen molar-refractivity contribution in [3.63, 3.8) is 0 Å². The summed E-state index contributed by atoms with van der Waals surface area (Å²) >= 11 is 1.54. The lowest BCUT2D eigenvalue weighted by molar-refractivity contribution is -0.130. The van der Waals surface area contributed by atoms with Gasteiger partial charge in [-0.05, 0) is 37.1 Å². The normalized spacial score (nSPS) is 15.0. The lowest BCUT2D eigenvalue weighted by Gasteiger charge is -2.14. The number of benzene rings is 1. The molecular formula is C13H16N2O2S. The molecule has 2 amide bonds. The summed E-state index contributed by atoms with van der Waals surface area (Å²) in [5, 5.41) is 2.82. The molecule has 1 aromatic carbocycles. The van der Waals surface area contributed by atoms with Crippen LogP contribution < -0.4 is 5.32 Å². The Hall–Kier alpha value is -1.49. The summed E-state index contributed by atoms with van der Waals surface area (Å²) in [5.41, 5.74) is 3.11. The van der Waals surface area contributed by atoms with Gasteiger partial charge in [0.25, 0.3) is 0 Å². The Kier molecular flexibility index (Phi) is 3.91. The number of thioether (sulfide) groups is 1. The van der Waals surface area contributed by atoms with E-state index in [0.29, 0.717) is 11.6 Å². The fourth-order valence-electron chi connectivity index (χ4n) is 1.73. The van der Waals surface area contributed by atoms with Crippen molar-refractivity contribution < 1.29 is 9.59 Å². The number of hydrogen-bond acceptors (Lipinski definition) is 3. The zero-order valence-corrected chi connectivity index (χ0v) is 11.3. The van der Waals surface area contributed by atoms with Crippen LogP contribution in [0.15, 0.2) is 18.2 Å². The van der Waals surface area contributed by atoms with Crippen molar-refractivity contribution in [3.8, 4) is 0 Å². The van der Waals surface area contributed by atoms with Gasteiger partial charge in [0.15, 0.2) is 0 Å². The van der Waals surface area contributed by atoms with E-state index in [0.717, 1.165) is 11.3 Å². The third-order valence-corrected chi connectivity index (χ3v) is 3.90. The number of nitrogens with zero attached hydrogens (tertiary/aromatic N) is 1. The van der Waals surface area contributed by atoms with E-state index in [9.17, 15) is 9.59 Å². The Morgan fingerprint density at radius 3 is 2.78 bits per heavy atom. The van der Waals surface area contributed by atoms with Gasteiger partial charge in [0.05, 0.1) is 11.6 Å². The lowest BCUT2D eigenvalue weighted by atomic mass is 10.1. The number of carbonyl (C=O) groups excluding carboxylic acids is 2. The monoisotopic (exact) mass is 264 g/mol. The number of hydrogen-bond donors (Lipinski definition) is 1. The molecule has 0 spiro atoms. The first-order valence-electron chi connectivity index (χ1n) is 5.79. The first kappa shape index (κ1) is 13.0. The summed E-state index contributed by atoms with van der Waals surface area (Å²) in [5.74, 6) is 0.986. The molecule has 1 saturated heterocycles. The highest BCUT2D eigenvalue weighted by Gasteiger charge is 2.22. The molecule has 96 valence electrons. The highest BCUT2D eigenvalue weighted by molar-refractivity contribution is 8.00. The molecule has 1 aromatic rings. The SMILES string of the molecule is Cc1ccc(NC(=O)CN2CSCC2=O)cc1C. The fourth-order valence-corrected chi connectivity index (χ4v) is 2.64. The fraction of sp³-hybridized carbons (Fsp3) is 0.385. The smallest absolute Gasteiger partial charge is 0.244 e. The second-order valence-corrected chi connectivity index (χ2v) is 5.37. The number of anilines is 1. The molecule has 0 bridgehead atoms. The first-order chi connectivity index (χ1) is 8.56. The minimum atomic E-state index is -0.144. The van der Waals surface area contributed by atoms with Gasteiger partial charge in [-0.1, -0.05) is 6.07 Å². The van der Waals surface area contributed by atoms with Crippen LogP contribution in [0, 0.1) is 13.8 Å². The molecule has 0 radical (unpaired) electrons. The quantitative estimate of drug-likeness (QED) is 0.905. The van der Waals surface area contributed by atoms with Crippen LogP contribution in [-0.2, 0) is 9.59 Å². The molecule has 1 N–H and O–H groups in total. The van der Waals surface area contributed by atoms with Crippen molar-refractivity contribution in [3.05, 3.63) is 29.3 Å². The molecule has 1 aliphatic rings. The van der Waals surface area contributed by atoms with E-state index in [2.05, 4.69) is 5.32 Å². The van der Waals surface area contributed by atoms with Gasteiger partial charge < -0.3 is 10.2 Å². The summed E-state index contributed by atoms with van der Waals surface area (Å²) in [6.45, 7) is 4.17. The number of nitrogens with one attached hydrogen (secondary N) is 1. The number of rotatable bonds is 3. The highest BCUT2D eigenvalue weighted by Crippen LogP contribution is 2.16. The zero-order chi connectivity index (χ0) is 13.1. The van der Waals surface area contributed by atoms with Crippen LogP contribution in [0.4, 0.5) is 5.69 Å². The van der Waals surface area contributed by atoms with Gasteiger partial charge in [-0.15, -0.1) is 11.8 Å². The van der Waals surface area contributed by atoms with E-state index < -0.39 is 0 Å². The summed E-state index contributed by atoms with van der Waals surface area (Å²) in [7, 11) is 0. The van der Waals surface area contributed by atoms with E-state index in [1.54, 1.807) is 4.90 Å². The molecule has 0 aliphatic carbocycles. The van der Waals surface area contributed by atoms with Crippen LogP contribution in [0.3, 0.4) is 0 Å². The van der Waals surface area contributed by atoms with Crippen LogP contribution in [0.5, 0.6) is 0 Å². The molecule has 0 unspecified atom stereocenters. The maximum atomic E-state index is 11.8. The maximum Gasteiger partial charge on any atom is 0.244 e. The Morgan fingerprint density at radius 2 is 2.17 bits per heavy atom. The minimum absolute atomic E-state index is 0.0373. The first-order valence-corrected chi connectivity index (χ1v) is 6.94. The van der Waals surface area contributed by atoms with E-state index >= 15 is 0 Å². The summed E-state index contributed by atoms with van der Waals surface area (Å²) in [6, 6.07) is 5.79. The highest BCUT2D eigenvalue weighted by atomic mass is 32.2. The van der Waals surface area contributed by atoms with Gasteiger partial charge in [0.2, 0.25) is 11.8 Å². The predicted octanol–water partition coefficient (Wildman–Crippen LogP) is 1.77. The van der Waals surface area contributed by atoms with Crippen molar-refractivity contribution in [2.24, 2.45) is 0 Å². The van der Waals surface area contributed by atoms with E-state index in [-0.39, 0.29) is 18.4 Å². The molecule has 0 saturated carbocycles. The van der Waals surface area contributed by atoms with Crippen LogP contribution in [0.1, 0.15) is 11.1 Å². The third kappa shape index (κ3) is 3.04. The van der Waals surface area contributed by atoms with Gasteiger partial charge >= 0.3 is 0 Å². The minimum Gasteiger partial charge on any atom is -0.325 e. The Labute approximate surface area is 111 Å². The second-order valence-electron chi connectivity index (χ2n) is 4.42. The lowest BCUT2D eigenvalue weighted by Crippen LogP contribution is -2.34. The van der Waals surface area contributed by atoms with Crippen LogP contribution in [0.25, 0.3) is 0 Å². The van der Waals surface area contributed by atoms with E-state index in [1.165, 1.54) is 17.3 Å². The topological polar surface area (TPSA) is 49.4 Å². The second kappa shape index (κ2) is 5.44. The number of aryl methyl sites for hydroxylation is 2. The van der Waals surface area contributed by atoms with Gasteiger partial charge in [-0.3, -0.25) is 9.59 Å². The van der Waals surface area contributed by atoms with Gasteiger partial charge in [-0.25, -0.2) is 0 Å². The summed E-state index contributed by atoms with van der Waals surface area (Å²) in [4.78, 5) is 24.8. The van der Waals surface area contributed by atoms with Gasteiger partial charge in [0, 0.05) is 5.69 Å². The van der Waals surface area contributed by atoms with Gasteiger partial charge in [-0.2, -0.15) is 0 Å².